The van der Waals surface area contributed by atoms with Crippen molar-refractivity contribution in [1.29, 1.82) is 0 Å². The van der Waals surface area contributed by atoms with Gasteiger partial charge in [0.2, 0.25) is 0 Å². The third kappa shape index (κ3) is 4.83. The van der Waals surface area contributed by atoms with E-state index < -0.39 is 30.2 Å². The van der Waals surface area contributed by atoms with Crippen LogP contribution in [0.1, 0.15) is 23.6 Å². The number of halogens is 5. The summed E-state index contributed by atoms with van der Waals surface area (Å²) in [5, 5.41) is 8.53. The molecule has 0 amide bonds. The van der Waals surface area contributed by atoms with Gasteiger partial charge in [-0.25, -0.2) is 0 Å². The van der Waals surface area contributed by atoms with E-state index in [-0.39, 0.29) is 22.4 Å². The number of rotatable bonds is 3. The zero-order valence-electron chi connectivity index (χ0n) is 8.87. The lowest BCUT2D eigenvalue weighted by Crippen LogP contribution is -2.16. The predicted octanol–water partition coefficient (Wildman–Crippen LogP) is 3.36. The molecule has 1 atom stereocenters. The highest BCUT2D eigenvalue weighted by atomic mass is 79.9. The smallest absolute Gasteiger partial charge is 0.416 e. The number of carboxylic acid groups (broad SMARTS) is 1. The minimum absolute atomic E-state index is 0. The third-order valence-electron chi connectivity index (χ3n) is 2.07. The first kappa shape index (κ1) is 17.2. The van der Waals surface area contributed by atoms with Gasteiger partial charge in [0.1, 0.15) is 0 Å². The van der Waals surface area contributed by atoms with Crippen molar-refractivity contribution in [2.24, 2.45) is 5.73 Å². The van der Waals surface area contributed by atoms with E-state index in [2.05, 4.69) is 15.9 Å². The average molecular weight is 349 g/mol. The molecule has 3 nitrogen and oxygen atoms in total. The Bertz CT molecular complexity index is 440. The van der Waals surface area contributed by atoms with Crippen molar-refractivity contribution in [3.05, 3.63) is 33.8 Å². The molecule has 1 aromatic carbocycles. The van der Waals surface area contributed by atoms with Gasteiger partial charge in [0.05, 0.1) is 12.0 Å². The van der Waals surface area contributed by atoms with Crippen LogP contribution in [-0.2, 0) is 11.0 Å². The highest BCUT2D eigenvalue weighted by molar-refractivity contribution is 9.10. The minimum Gasteiger partial charge on any atom is -0.481 e. The van der Waals surface area contributed by atoms with Crippen LogP contribution in [0.25, 0.3) is 0 Å². The Hall–Kier alpha value is -0.790. The molecule has 0 saturated carbocycles. The number of nitrogens with two attached hydrogens (primary N) is 1. The van der Waals surface area contributed by atoms with Crippen LogP contribution in [0, 0.1) is 0 Å². The van der Waals surface area contributed by atoms with Crippen LogP contribution in [0.4, 0.5) is 13.2 Å². The first-order valence-corrected chi connectivity index (χ1v) is 5.34. The molecule has 0 spiro atoms. The minimum atomic E-state index is -4.48. The number of hydrogen-bond donors (Lipinski definition) is 2. The fourth-order valence-corrected chi connectivity index (χ4v) is 1.81. The first-order valence-electron chi connectivity index (χ1n) is 4.55. The predicted molar refractivity (Wildman–Crippen MR) is 65.6 cm³/mol. The van der Waals surface area contributed by atoms with Gasteiger partial charge in [-0.1, -0.05) is 15.9 Å². The van der Waals surface area contributed by atoms with Crippen LogP contribution in [0.2, 0.25) is 0 Å². The summed E-state index contributed by atoms with van der Waals surface area (Å²) in [5.74, 6) is -1.16. The fraction of sp³-hybridized carbons (Fsp3) is 0.300. The van der Waals surface area contributed by atoms with Gasteiger partial charge in [-0.2, -0.15) is 13.2 Å². The zero-order valence-corrected chi connectivity index (χ0v) is 11.3. The summed E-state index contributed by atoms with van der Waals surface area (Å²) in [5.41, 5.74) is 4.78. The highest BCUT2D eigenvalue weighted by Crippen LogP contribution is 2.33. The molecule has 0 radical (unpaired) electrons. The van der Waals surface area contributed by atoms with Gasteiger partial charge >= 0.3 is 12.1 Å². The molecule has 0 aromatic heterocycles. The van der Waals surface area contributed by atoms with E-state index in [1.165, 1.54) is 6.07 Å². The molecule has 102 valence electrons. The second kappa shape index (κ2) is 6.40. The van der Waals surface area contributed by atoms with Crippen molar-refractivity contribution in [3.8, 4) is 0 Å². The summed E-state index contributed by atoms with van der Waals surface area (Å²) < 4.78 is 37.7. The van der Waals surface area contributed by atoms with Gasteiger partial charge < -0.3 is 10.8 Å². The lowest BCUT2D eigenvalue weighted by atomic mass is 10.0. The van der Waals surface area contributed by atoms with Gasteiger partial charge in [0.15, 0.2) is 0 Å². The average Bonchev–Trinajstić information content (AvgIpc) is 2.14. The summed E-state index contributed by atoms with van der Waals surface area (Å²) in [6, 6.07) is 2.18. The van der Waals surface area contributed by atoms with E-state index in [9.17, 15) is 18.0 Å². The molecule has 0 unspecified atom stereocenters. The molecular weight excluding hydrogens is 338 g/mol. The molecule has 18 heavy (non-hydrogen) atoms. The zero-order chi connectivity index (χ0) is 13.2. The highest BCUT2D eigenvalue weighted by Gasteiger charge is 2.31. The van der Waals surface area contributed by atoms with Gasteiger partial charge in [-0.3, -0.25) is 4.79 Å². The van der Waals surface area contributed by atoms with E-state index in [0.717, 1.165) is 12.1 Å². The third-order valence-corrected chi connectivity index (χ3v) is 2.53. The van der Waals surface area contributed by atoms with Gasteiger partial charge in [0, 0.05) is 10.5 Å². The second-order valence-corrected chi connectivity index (χ2v) is 4.39. The number of carboxylic acids is 1. The van der Waals surface area contributed by atoms with E-state index in [0.29, 0.717) is 0 Å². The Kier molecular flexibility index (Phi) is 6.12. The maximum absolute atomic E-state index is 12.5. The summed E-state index contributed by atoms with van der Waals surface area (Å²) in [6.07, 6.45) is -4.91. The molecule has 0 aliphatic carbocycles. The normalized spacial score (nSPS) is 12.7. The lowest BCUT2D eigenvalue weighted by Gasteiger charge is -2.13. The number of hydrogen-bond acceptors (Lipinski definition) is 2. The number of aliphatic carboxylic acids is 1. The molecule has 0 bridgehead atoms. The molecule has 0 aliphatic rings. The van der Waals surface area contributed by atoms with Crippen LogP contribution >= 0.6 is 28.3 Å². The molecule has 8 heteroatoms. The summed E-state index contributed by atoms with van der Waals surface area (Å²) in [6.45, 7) is 0. The topological polar surface area (TPSA) is 63.3 Å². The van der Waals surface area contributed by atoms with E-state index >= 15 is 0 Å². The standard InChI is InChI=1S/C10H9BrF3NO2.ClH/c11-7-2-5(8(15)4-9(16)17)1-6(3-7)10(12,13)14;/h1-3,8H,4,15H2,(H,16,17);1H/t8-;/m0./s1. The van der Waals surface area contributed by atoms with Crippen molar-refractivity contribution < 1.29 is 23.1 Å². The quantitative estimate of drug-likeness (QED) is 0.880. The Morgan fingerprint density at radius 3 is 2.39 bits per heavy atom. The molecule has 0 fully saturated rings. The molecule has 3 N–H and O–H groups in total. The van der Waals surface area contributed by atoms with Crippen LogP contribution in [-0.4, -0.2) is 11.1 Å². The number of carbonyl (C=O) groups is 1. The molecule has 0 saturated heterocycles. The van der Waals surface area contributed by atoms with Crippen molar-refractivity contribution in [3.63, 3.8) is 0 Å². The molecule has 0 aliphatic heterocycles. The van der Waals surface area contributed by atoms with E-state index in [1.807, 2.05) is 0 Å². The summed E-state index contributed by atoms with van der Waals surface area (Å²) >= 11 is 2.94. The molecule has 1 rings (SSSR count). The van der Waals surface area contributed by atoms with Crippen molar-refractivity contribution >= 4 is 34.3 Å². The maximum Gasteiger partial charge on any atom is 0.416 e. The van der Waals surface area contributed by atoms with Gasteiger partial charge in [0.25, 0.3) is 0 Å². The Labute approximate surface area is 116 Å². The monoisotopic (exact) mass is 347 g/mol. The SMILES string of the molecule is Cl.N[C@@H](CC(=O)O)c1cc(Br)cc(C(F)(F)F)c1. The van der Waals surface area contributed by atoms with Crippen LogP contribution in [0.3, 0.4) is 0 Å². The maximum atomic E-state index is 12.5. The molecule has 1 aromatic rings. The lowest BCUT2D eigenvalue weighted by molar-refractivity contribution is -0.138. The Morgan fingerprint density at radius 1 is 1.39 bits per heavy atom. The largest absolute Gasteiger partial charge is 0.481 e. The van der Waals surface area contributed by atoms with Crippen molar-refractivity contribution in [1.82, 2.24) is 0 Å². The first-order chi connectivity index (χ1) is 7.70. The Morgan fingerprint density at radius 2 is 1.94 bits per heavy atom. The molecular formula is C10H10BrClF3NO2. The molecule has 0 heterocycles. The van der Waals surface area contributed by atoms with Crippen LogP contribution in [0.5, 0.6) is 0 Å². The van der Waals surface area contributed by atoms with E-state index in [1.54, 1.807) is 0 Å². The van der Waals surface area contributed by atoms with Crippen molar-refractivity contribution in [2.75, 3.05) is 0 Å². The van der Waals surface area contributed by atoms with Crippen molar-refractivity contribution in [2.45, 2.75) is 18.6 Å². The van der Waals surface area contributed by atoms with Crippen LogP contribution in [0.15, 0.2) is 22.7 Å². The number of alkyl halides is 3. The van der Waals surface area contributed by atoms with E-state index in [4.69, 9.17) is 10.8 Å². The van der Waals surface area contributed by atoms with Gasteiger partial charge in [-0.05, 0) is 23.8 Å². The number of benzene rings is 1. The van der Waals surface area contributed by atoms with Crippen LogP contribution < -0.4 is 5.73 Å². The van der Waals surface area contributed by atoms with Gasteiger partial charge in [-0.15, -0.1) is 12.4 Å². The summed E-state index contributed by atoms with van der Waals surface area (Å²) in [7, 11) is 0. The second-order valence-electron chi connectivity index (χ2n) is 3.48. The summed E-state index contributed by atoms with van der Waals surface area (Å²) in [4.78, 5) is 10.4. The fourth-order valence-electron chi connectivity index (χ4n) is 1.30. The Balaban J connectivity index is 0.00000289.